The number of hydrogen-bond donors (Lipinski definition) is 0. The lowest BCUT2D eigenvalue weighted by Gasteiger charge is -2.13. The summed E-state index contributed by atoms with van der Waals surface area (Å²) in [5.74, 6) is 0.566. The number of fused-ring (bicyclic) bond motifs is 1. The van der Waals surface area contributed by atoms with E-state index in [4.69, 9.17) is 4.74 Å². The van der Waals surface area contributed by atoms with Crippen LogP contribution < -0.4 is 4.74 Å². The van der Waals surface area contributed by atoms with E-state index in [1.165, 1.54) is 11.6 Å². The molecule has 0 radical (unpaired) electrons. The van der Waals surface area contributed by atoms with Gasteiger partial charge in [-0.2, -0.15) is 0 Å². The second-order valence-corrected chi connectivity index (χ2v) is 7.21. The molecule has 2 aromatic carbocycles. The molecular formula is C24H24ClFN2O. The summed E-state index contributed by atoms with van der Waals surface area (Å²) in [6.45, 7) is 7.27. The number of nitrogens with zero attached hydrogens (tertiary/aromatic N) is 2. The maximum absolute atomic E-state index is 13.7. The first-order chi connectivity index (χ1) is 13.5. The third-order valence-corrected chi connectivity index (χ3v) is 5.17. The molecule has 0 spiro atoms. The fourth-order valence-electron chi connectivity index (χ4n) is 3.61. The second kappa shape index (κ2) is 8.66. The fraction of sp³-hybridized carbons (Fsp3) is 0.208. The molecule has 0 saturated heterocycles. The van der Waals surface area contributed by atoms with E-state index in [1.807, 2.05) is 18.2 Å². The Morgan fingerprint density at radius 2 is 1.72 bits per heavy atom. The van der Waals surface area contributed by atoms with Crippen LogP contribution in [0.25, 0.3) is 11.0 Å². The van der Waals surface area contributed by atoms with Crippen molar-refractivity contribution in [3.63, 3.8) is 0 Å². The third kappa shape index (κ3) is 4.28. The molecule has 2 aromatic heterocycles. The van der Waals surface area contributed by atoms with Crippen molar-refractivity contribution in [2.24, 2.45) is 0 Å². The summed E-state index contributed by atoms with van der Waals surface area (Å²) in [6, 6.07) is 16.9. The smallest absolute Gasteiger partial charge is 0.147 e. The van der Waals surface area contributed by atoms with Crippen LogP contribution in [0.2, 0.25) is 0 Å². The number of ether oxygens (including phenoxy) is 1. The third-order valence-electron chi connectivity index (χ3n) is 5.17. The molecule has 2 heterocycles. The quantitative estimate of drug-likeness (QED) is 0.394. The Morgan fingerprint density at radius 1 is 0.966 bits per heavy atom. The van der Waals surface area contributed by atoms with E-state index >= 15 is 0 Å². The van der Waals surface area contributed by atoms with Crippen LogP contribution in [0.3, 0.4) is 0 Å². The monoisotopic (exact) mass is 410 g/mol. The molecule has 4 rings (SSSR count). The van der Waals surface area contributed by atoms with Crippen molar-refractivity contribution in [2.75, 3.05) is 0 Å². The minimum Gasteiger partial charge on any atom is -0.487 e. The summed E-state index contributed by atoms with van der Waals surface area (Å²) in [7, 11) is 0. The Hall–Kier alpha value is -2.85. The van der Waals surface area contributed by atoms with E-state index in [-0.39, 0.29) is 18.2 Å². The molecule has 0 atom stereocenters. The highest BCUT2D eigenvalue weighted by Gasteiger charge is 2.17. The normalized spacial score (nSPS) is 10.8. The molecule has 0 aliphatic rings. The molecule has 0 amide bonds. The molecule has 3 nitrogen and oxygen atoms in total. The van der Waals surface area contributed by atoms with Crippen LogP contribution in [-0.4, -0.2) is 9.55 Å². The molecule has 0 fully saturated rings. The van der Waals surface area contributed by atoms with Crippen molar-refractivity contribution in [3.8, 4) is 5.75 Å². The molecule has 0 aliphatic carbocycles. The van der Waals surface area contributed by atoms with Gasteiger partial charge in [-0.1, -0.05) is 42.0 Å². The molecule has 5 heteroatoms. The molecule has 0 bridgehead atoms. The van der Waals surface area contributed by atoms with Crippen molar-refractivity contribution < 1.29 is 9.13 Å². The maximum Gasteiger partial charge on any atom is 0.147 e. The van der Waals surface area contributed by atoms with Gasteiger partial charge in [0.05, 0.1) is 5.52 Å². The summed E-state index contributed by atoms with van der Waals surface area (Å²) in [5, 5.41) is 0. The van der Waals surface area contributed by atoms with Crippen LogP contribution in [0.15, 0.2) is 60.8 Å². The van der Waals surface area contributed by atoms with Crippen LogP contribution in [0.1, 0.15) is 27.9 Å². The minimum absolute atomic E-state index is 0. The second-order valence-electron chi connectivity index (χ2n) is 7.21. The molecule has 0 unspecified atom stereocenters. The minimum atomic E-state index is -0.225. The van der Waals surface area contributed by atoms with Crippen molar-refractivity contribution in [3.05, 3.63) is 94.6 Å². The lowest BCUT2D eigenvalue weighted by atomic mass is 10.1. The van der Waals surface area contributed by atoms with E-state index in [1.54, 1.807) is 18.3 Å². The van der Waals surface area contributed by atoms with Gasteiger partial charge in [0.25, 0.3) is 0 Å². The van der Waals surface area contributed by atoms with Gasteiger partial charge in [-0.15, -0.1) is 12.4 Å². The van der Waals surface area contributed by atoms with Crippen molar-refractivity contribution in [1.29, 1.82) is 0 Å². The summed E-state index contributed by atoms with van der Waals surface area (Å²) in [4.78, 5) is 4.58. The van der Waals surface area contributed by atoms with Gasteiger partial charge >= 0.3 is 0 Å². The lowest BCUT2D eigenvalue weighted by Crippen LogP contribution is -2.04. The van der Waals surface area contributed by atoms with Gasteiger partial charge in [0.1, 0.15) is 23.7 Å². The van der Waals surface area contributed by atoms with Gasteiger partial charge in [-0.25, -0.2) is 4.39 Å². The maximum atomic E-state index is 13.7. The van der Waals surface area contributed by atoms with Gasteiger partial charge in [0.2, 0.25) is 0 Å². The van der Waals surface area contributed by atoms with Crippen molar-refractivity contribution in [2.45, 2.75) is 33.9 Å². The van der Waals surface area contributed by atoms with Gasteiger partial charge < -0.3 is 9.30 Å². The van der Waals surface area contributed by atoms with Crippen LogP contribution in [-0.2, 0) is 13.2 Å². The highest BCUT2D eigenvalue weighted by atomic mass is 35.5. The first-order valence-electron chi connectivity index (χ1n) is 9.40. The first-order valence-corrected chi connectivity index (χ1v) is 9.40. The van der Waals surface area contributed by atoms with Crippen molar-refractivity contribution in [1.82, 2.24) is 9.55 Å². The number of aryl methyl sites for hydroxylation is 2. The number of rotatable bonds is 5. The largest absolute Gasteiger partial charge is 0.487 e. The topological polar surface area (TPSA) is 27.1 Å². The zero-order valence-electron chi connectivity index (χ0n) is 16.8. The molecule has 0 aliphatic heterocycles. The van der Waals surface area contributed by atoms with E-state index in [9.17, 15) is 4.39 Å². The molecule has 150 valence electrons. The molecule has 0 N–H and O–H groups in total. The Bertz CT molecular complexity index is 1150. The molecular weight excluding hydrogens is 387 g/mol. The first kappa shape index (κ1) is 20.9. The summed E-state index contributed by atoms with van der Waals surface area (Å²) in [5.41, 5.74) is 7.35. The van der Waals surface area contributed by atoms with Gasteiger partial charge in [0, 0.05) is 24.5 Å². The average Bonchev–Trinajstić information content (AvgIpc) is 2.92. The van der Waals surface area contributed by atoms with Crippen LogP contribution in [0.5, 0.6) is 5.75 Å². The van der Waals surface area contributed by atoms with Gasteiger partial charge in [-0.05, 0) is 49.6 Å². The number of benzene rings is 2. The zero-order valence-corrected chi connectivity index (χ0v) is 17.6. The average molecular weight is 411 g/mol. The van der Waals surface area contributed by atoms with Crippen LogP contribution in [0.4, 0.5) is 4.39 Å². The molecule has 4 aromatic rings. The predicted molar refractivity (Wildman–Crippen MR) is 117 cm³/mol. The highest BCUT2D eigenvalue weighted by molar-refractivity contribution is 5.86. The van der Waals surface area contributed by atoms with Crippen molar-refractivity contribution >= 4 is 23.4 Å². The Balaban J connectivity index is 0.00000240. The SMILES string of the molecule is Cc1cccc(COc2ccnc3c(C)c(C)n(Cc4cccc(F)c4)c23)c1.Cl. The fourth-order valence-corrected chi connectivity index (χ4v) is 3.61. The highest BCUT2D eigenvalue weighted by Crippen LogP contribution is 2.32. The number of aromatic nitrogens is 2. The zero-order chi connectivity index (χ0) is 19.7. The van der Waals surface area contributed by atoms with Crippen LogP contribution >= 0.6 is 12.4 Å². The Labute approximate surface area is 176 Å². The summed E-state index contributed by atoms with van der Waals surface area (Å²) >= 11 is 0. The number of halogens is 2. The lowest BCUT2D eigenvalue weighted by molar-refractivity contribution is 0.308. The predicted octanol–water partition coefficient (Wildman–Crippen LogP) is 6.15. The van der Waals surface area contributed by atoms with Gasteiger partial charge in [0.15, 0.2) is 0 Å². The summed E-state index contributed by atoms with van der Waals surface area (Å²) in [6.07, 6.45) is 1.78. The Kier molecular flexibility index (Phi) is 6.23. The number of pyridine rings is 1. The van der Waals surface area contributed by atoms with Gasteiger partial charge in [-0.3, -0.25) is 4.98 Å². The standard InChI is InChI=1S/C24H23FN2O.ClH/c1-16-6-4-8-20(12-16)15-28-22-10-11-26-23-17(2)18(3)27(24(22)23)14-19-7-5-9-21(25)13-19;/h4-13H,14-15H2,1-3H3;1H. The molecule has 0 saturated carbocycles. The van der Waals surface area contributed by atoms with E-state index in [2.05, 4.69) is 48.5 Å². The molecule has 29 heavy (non-hydrogen) atoms. The summed E-state index contributed by atoms with van der Waals surface area (Å²) < 4.78 is 22.0. The van der Waals surface area contributed by atoms with E-state index in [0.29, 0.717) is 13.2 Å². The van der Waals surface area contributed by atoms with E-state index < -0.39 is 0 Å². The Morgan fingerprint density at radius 3 is 2.48 bits per heavy atom. The van der Waals surface area contributed by atoms with Crippen LogP contribution in [0, 0.1) is 26.6 Å². The number of hydrogen-bond acceptors (Lipinski definition) is 2. The van der Waals surface area contributed by atoms with E-state index in [0.717, 1.165) is 39.2 Å².